The zero-order valence-electron chi connectivity index (χ0n) is 14.2. The summed E-state index contributed by atoms with van der Waals surface area (Å²) in [5.41, 5.74) is 0.791. The van der Waals surface area contributed by atoms with Gasteiger partial charge in [0.25, 0.3) is 18.3 Å². The summed E-state index contributed by atoms with van der Waals surface area (Å²) in [7, 11) is 0. The fourth-order valence-electron chi connectivity index (χ4n) is 3.45. The van der Waals surface area contributed by atoms with E-state index in [9.17, 15) is 13.8 Å². The van der Waals surface area contributed by atoms with Crippen molar-refractivity contribution < 1.29 is 18.0 Å². The van der Waals surface area contributed by atoms with Crippen LogP contribution in [0.4, 0.5) is 3.89 Å². The van der Waals surface area contributed by atoms with Crippen molar-refractivity contribution in [1.29, 1.82) is 0 Å². The lowest BCUT2D eigenvalue weighted by Gasteiger charge is -2.35. The SMILES string of the molecule is O=C1c2ccccc2C(O)(c2ccc(OSF)cc2)N1Cc1ccccc1. The summed E-state index contributed by atoms with van der Waals surface area (Å²) in [6.45, 7) is 0.253. The molecule has 1 aliphatic rings. The van der Waals surface area contributed by atoms with E-state index in [1.54, 1.807) is 48.5 Å². The van der Waals surface area contributed by atoms with E-state index < -0.39 is 5.72 Å². The molecule has 1 aliphatic heterocycles. The maximum atomic E-state index is 13.0. The third-order valence-corrected chi connectivity index (χ3v) is 4.99. The van der Waals surface area contributed by atoms with Crippen molar-refractivity contribution in [2.24, 2.45) is 0 Å². The second kappa shape index (κ2) is 7.06. The van der Waals surface area contributed by atoms with Gasteiger partial charge in [-0.1, -0.05) is 60.7 Å². The van der Waals surface area contributed by atoms with Gasteiger partial charge in [0.2, 0.25) is 0 Å². The number of aliphatic hydroxyl groups is 1. The number of fused-ring (bicyclic) bond motifs is 1. The Balaban J connectivity index is 1.81. The Hall–Kier alpha value is -2.83. The number of halogens is 1. The molecular formula is C21H16FNO3S. The largest absolute Gasteiger partial charge is 0.397 e. The highest BCUT2D eigenvalue weighted by molar-refractivity contribution is 7.89. The van der Waals surface area contributed by atoms with Crippen LogP contribution in [0.15, 0.2) is 78.9 Å². The Labute approximate surface area is 160 Å². The molecule has 3 aromatic rings. The van der Waals surface area contributed by atoms with Crippen LogP contribution in [0.5, 0.6) is 5.75 Å². The van der Waals surface area contributed by atoms with E-state index in [0.717, 1.165) is 5.56 Å². The van der Waals surface area contributed by atoms with E-state index >= 15 is 0 Å². The first-order chi connectivity index (χ1) is 13.1. The number of rotatable bonds is 5. The van der Waals surface area contributed by atoms with Crippen LogP contribution in [-0.2, 0) is 12.3 Å². The first-order valence-corrected chi connectivity index (χ1v) is 9.02. The standard InChI is InChI=1S/C21H16FNO3S/c22-27-26-17-12-10-16(11-13-17)21(25)19-9-5-4-8-18(19)20(24)23(21)14-15-6-2-1-3-7-15/h1-13,25H,14H2. The van der Waals surface area contributed by atoms with Crippen molar-refractivity contribution >= 4 is 18.3 Å². The van der Waals surface area contributed by atoms with Crippen molar-refractivity contribution in [2.75, 3.05) is 0 Å². The summed E-state index contributed by atoms with van der Waals surface area (Å²) in [4.78, 5) is 14.5. The van der Waals surface area contributed by atoms with Crippen molar-refractivity contribution in [2.45, 2.75) is 12.3 Å². The fourth-order valence-corrected chi connectivity index (χ4v) is 3.64. The van der Waals surface area contributed by atoms with E-state index in [1.807, 2.05) is 30.3 Å². The highest BCUT2D eigenvalue weighted by atomic mass is 32.2. The van der Waals surface area contributed by atoms with Crippen LogP contribution in [0, 0.1) is 0 Å². The lowest BCUT2D eigenvalue weighted by molar-refractivity contribution is -0.0543. The topological polar surface area (TPSA) is 49.8 Å². The van der Waals surface area contributed by atoms with Crippen molar-refractivity contribution in [3.63, 3.8) is 0 Å². The first-order valence-electron chi connectivity index (χ1n) is 8.38. The van der Waals surface area contributed by atoms with Gasteiger partial charge in [-0.3, -0.25) is 9.69 Å². The van der Waals surface area contributed by atoms with Crippen LogP contribution < -0.4 is 4.18 Å². The minimum Gasteiger partial charge on any atom is -0.397 e. The molecule has 3 aromatic carbocycles. The number of carbonyl (C=O) groups is 1. The Bertz CT molecular complexity index is 965. The Morgan fingerprint density at radius 2 is 1.63 bits per heavy atom. The Morgan fingerprint density at radius 3 is 2.33 bits per heavy atom. The lowest BCUT2D eigenvalue weighted by Crippen LogP contribution is -2.44. The molecule has 27 heavy (non-hydrogen) atoms. The van der Waals surface area contributed by atoms with E-state index in [0.29, 0.717) is 22.4 Å². The molecule has 4 rings (SSSR count). The van der Waals surface area contributed by atoms with Crippen LogP contribution in [0.3, 0.4) is 0 Å². The maximum absolute atomic E-state index is 13.0. The maximum Gasteiger partial charge on any atom is 0.272 e. The molecule has 0 fully saturated rings. The zero-order valence-corrected chi connectivity index (χ0v) is 15.0. The van der Waals surface area contributed by atoms with Crippen LogP contribution in [0.25, 0.3) is 0 Å². The van der Waals surface area contributed by atoms with E-state index in [4.69, 9.17) is 4.18 Å². The van der Waals surface area contributed by atoms with E-state index in [-0.39, 0.29) is 24.9 Å². The number of nitrogens with zero attached hydrogens (tertiary/aromatic N) is 1. The summed E-state index contributed by atoms with van der Waals surface area (Å²) in [6.07, 6.45) is 0. The molecule has 0 bridgehead atoms. The molecule has 6 heteroatoms. The summed E-state index contributed by atoms with van der Waals surface area (Å²) in [5, 5.41) is 11.7. The van der Waals surface area contributed by atoms with Crippen molar-refractivity contribution in [3.05, 3.63) is 101 Å². The normalized spacial score (nSPS) is 18.4. The predicted octanol–water partition coefficient (Wildman–Crippen LogP) is 4.45. The average Bonchev–Trinajstić information content (AvgIpc) is 2.93. The summed E-state index contributed by atoms with van der Waals surface area (Å²) in [6, 6.07) is 22.9. The van der Waals surface area contributed by atoms with Gasteiger partial charge in [0.15, 0.2) is 5.72 Å². The molecule has 0 aromatic heterocycles. The van der Waals surface area contributed by atoms with Crippen LogP contribution in [0.1, 0.15) is 27.0 Å². The molecule has 0 radical (unpaired) electrons. The number of hydrogen-bond donors (Lipinski definition) is 1. The smallest absolute Gasteiger partial charge is 0.272 e. The molecule has 1 atom stereocenters. The molecule has 136 valence electrons. The van der Waals surface area contributed by atoms with Crippen LogP contribution in [0.2, 0.25) is 0 Å². The molecule has 1 unspecified atom stereocenters. The molecule has 0 aliphatic carbocycles. The fraction of sp³-hybridized carbons (Fsp3) is 0.0952. The average molecular weight is 381 g/mol. The van der Waals surface area contributed by atoms with Gasteiger partial charge < -0.3 is 9.29 Å². The molecule has 0 saturated heterocycles. The number of benzene rings is 3. The predicted molar refractivity (Wildman–Crippen MR) is 102 cm³/mol. The van der Waals surface area contributed by atoms with Gasteiger partial charge in [0.05, 0.1) is 0 Å². The molecule has 1 N–H and O–H groups in total. The minimum absolute atomic E-state index is 0.239. The van der Waals surface area contributed by atoms with E-state index in [2.05, 4.69) is 0 Å². The van der Waals surface area contributed by atoms with Gasteiger partial charge >= 0.3 is 0 Å². The zero-order chi connectivity index (χ0) is 18.9. The highest BCUT2D eigenvalue weighted by Gasteiger charge is 2.49. The van der Waals surface area contributed by atoms with Gasteiger partial charge in [-0.05, 0) is 23.8 Å². The van der Waals surface area contributed by atoms with Crippen LogP contribution in [-0.4, -0.2) is 15.9 Å². The number of hydrogen-bond acceptors (Lipinski definition) is 4. The summed E-state index contributed by atoms with van der Waals surface area (Å²) in [5.74, 6) is 0.0821. The highest BCUT2D eigenvalue weighted by Crippen LogP contribution is 2.43. The van der Waals surface area contributed by atoms with Crippen molar-refractivity contribution in [3.8, 4) is 5.75 Å². The monoisotopic (exact) mass is 381 g/mol. The Kier molecular flexibility index (Phi) is 4.59. The van der Waals surface area contributed by atoms with Gasteiger partial charge in [0, 0.05) is 23.2 Å². The van der Waals surface area contributed by atoms with Gasteiger partial charge in [-0.2, -0.15) is 0 Å². The Morgan fingerprint density at radius 1 is 0.963 bits per heavy atom. The minimum atomic E-state index is -1.62. The third kappa shape index (κ3) is 2.97. The summed E-state index contributed by atoms with van der Waals surface area (Å²) >= 11 is -0.244. The van der Waals surface area contributed by atoms with Gasteiger partial charge in [0.1, 0.15) is 5.75 Å². The third-order valence-electron chi connectivity index (χ3n) is 4.74. The molecule has 1 heterocycles. The lowest BCUT2D eigenvalue weighted by atomic mass is 9.93. The van der Waals surface area contributed by atoms with Crippen LogP contribution >= 0.6 is 12.4 Å². The van der Waals surface area contributed by atoms with Crippen molar-refractivity contribution in [1.82, 2.24) is 4.90 Å². The molecular weight excluding hydrogens is 365 g/mol. The molecule has 4 nitrogen and oxygen atoms in total. The second-order valence-corrected chi connectivity index (χ2v) is 6.56. The van der Waals surface area contributed by atoms with E-state index in [1.165, 1.54) is 4.90 Å². The number of amides is 1. The quantitative estimate of drug-likeness (QED) is 0.664. The van der Waals surface area contributed by atoms with Gasteiger partial charge in [-0.25, -0.2) is 0 Å². The molecule has 0 spiro atoms. The number of carbonyl (C=O) groups excluding carboxylic acids is 1. The molecule has 1 amide bonds. The summed E-state index contributed by atoms with van der Waals surface area (Å²) < 4.78 is 17.1. The van der Waals surface area contributed by atoms with Gasteiger partial charge in [-0.15, -0.1) is 3.89 Å². The molecule has 0 saturated carbocycles. The second-order valence-electron chi connectivity index (χ2n) is 6.27. The first kappa shape index (κ1) is 17.6.